The van der Waals surface area contributed by atoms with Crippen LogP contribution in [0.2, 0.25) is 0 Å². The molecule has 1 fully saturated rings. The molecule has 6 nitrogen and oxygen atoms in total. The van der Waals surface area contributed by atoms with Crippen LogP contribution in [0, 0.1) is 5.92 Å². The lowest BCUT2D eigenvalue weighted by molar-refractivity contribution is -0.143. The topological polar surface area (TPSA) is 84.2 Å². The number of nitrogens with zero attached hydrogens (tertiary/aromatic N) is 2. The maximum atomic E-state index is 12.4. The van der Waals surface area contributed by atoms with Crippen LogP contribution in [0.3, 0.4) is 0 Å². The van der Waals surface area contributed by atoms with Crippen molar-refractivity contribution in [1.82, 2.24) is 15.1 Å². The minimum absolute atomic E-state index is 0.120. The van der Waals surface area contributed by atoms with Crippen LogP contribution in [0.25, 0.3) is 5.69 Å². The van der Waals surface area contributed by atoms with Gasteiger partial charge in [0.2, 0.25) is 5.91 Å². The highest BCUT2D eigenvalue weighted by Gasteiger charge is 2.30. The number of rotatable bonds is 5. The lowest BCUT2D eigenvalue weighted by Crippen LogP contribution is -2.43. The largest absolute Gasteiger partial charge is 0.481 e. The summed E-state index contributed by atoms with van der Waals surface area (Å²) >= 11 is 0. The predicted molar refractivity (Wildman–Crippen MR) is 93.4 cm³/mol. The summed E-state index contributed by atoms with van der Waals surface area (Å²) in [6.45, 7) is 0. The minimum atomic E-state index is -0.809. The standard InChI is InChI=1S/C19H23N3O3/c23-18(21-17-6-3-1-2-5-16(17)19(24)25)13-14-7-9-15(10-8-14)22-12-4-11-20-22/h4,7-12,16-17H,1-3,5-6,13H2,(H,21,23)(H,24,25)/t16-,17-/m1/s1. The number of carbonyl (C=O) groups is 2. The second-order valence-electron chi connectivity index (χ2n) is 6.55. The Labute approximate surface area is 146 Å². The third kappa shape index (κ3) is 4.47. The number of amides is 1. The van der Waals surface area contributed by atoms with Crippen molar-refractivity contribution in [2.24, 2.45) is 5.92 Å². The van der Waals surface area contributed by atoms with Crippen LogP contribution in [0.1, 0.15) is 37.7 Å². The molecule has 6 heteroatoms. The molecule has 3 rings (SSSR count). The van der Waals surface area contributed by atoms with Crippen LogP contribution in [0.4, 0.5) is 0 Å². The van der Waals surface area contributed by atoms with Gasteiger partial charge in [-0.1, -0.05) is 31.4 Å². The van der Waals surface area contributed by atoms with Crippen molar-refractivity contribution >= 4 is 11.9 Å². The molecular weight excluding hydrogens is 318 g/mol. The fraction of sp³-hybridized carbons (Fsp3) is 0.421. The first-order valence-electron chi connectivity index (χ1n) is 8.74. The highest BCUT2D eigenvalue weighted by Crippen LogP contribution is 2.24. The molecule has 1 amide bonds. The first-order valence-corrected chi connectivity index (χ1v) is 8.74. The van der Waals surface area contributed by atoms with Gasteiger partial charge < -0.3 is 10.4 Å². The summed E-state index contributed by atoms with van der Waals surface area (Å²) in [6.07, 6.45) is 8.12. The summed E-state index contributed by atoms with van der Waals surface area (Å²) in [5.74, 6) is -1.41. The fourth-order valence-electron chi connectivity index (χ4n) is 3.41. The fourth-order valence-corrected chi connectivity index (χ4v) is 3.41. The molecular formula is C19H23N3O3. The molecule has 0 saturated heterocycles. The molecule has 2 aromatic rings. The summed E-state index contributed by atoms with van der Waals surface area (Å²) in [4.78, 5) is 23.8. The van der Waals surface area contributed by atoms with Gasteiger partial charge in [-0.05, 0) is 36.6 Å². The number of hydrogen-bond acceptors (Lipinski definition) is 3. The van der Waals surface area contributed by atoms with Crippen molar-refractivity contribution in [2.45, 2.75) is 44.6 Å². The van der Waals surface area contributed by atoms with Crippen LogP contribution in [-0.4, -0.2) is 32.8 Å². The van der Waals surface area contributed by atoms with E-state index < -0.39 is 11.9 Å². The Hall–Kier alpha value is -2.63. The summed E-state index contributed by atoms with van der Waals surface area (Å²) in [6, 6.07) is 9.22. The Bertz CT molecular complexity index is 710. The van der Waals surface area contributed by atoms with Gasteiger partial charge in [-0.2, -0.15) is 5.10 Å². The molecule has 1 aliphatic rings. The third-order valence-electron chi connectivity index (χ3n) is 4.75. The summed E-state index contributed by atoms with van der Waals surface area (Å²) < 4.78 is 1.76. The zero-order valence-corrected chi connectivity index (χ0v) is 14.1. The average Bonchev–Trinajstić information content (AvgIpc) is 3.02. The van der Waals surface area contributed by atoms with Gasteiger partial charge >= 0.3 is 5.97 Å². The smallest absolute Gasteiger partial charge is 0.308 e. The molecule has 0 aliphatic heterocycles. The molecule has 2 N–H and O–H groups in total. The van der Waals surface area contributed by atoms with E-state index in [1.54, 1.807) is 10.9 Å². The average molecular weight is 341 g/mol. The summed E-state index contributed by atoms with van der Waals surface area (Å²) in [5, 5.41) is 16.5. The van der Waals surface area contributed by atoms with Gasteiger partial charge in [-0.3, -0.25) is 9.59 Å². The highest BCUT2D eigenvalue weighted by molar-refractivity contribution is 5.80. The minimum Gasteiger partial charge on any atom is -0.481 e. The Morgan fingerprint density at radius 3 is 2.60 bits per heavy atom. The summed E-state index contributed by atoms with van der Waals surface area (Å²) in [5.41, 5.74) is 1.83. The van der Waals surface area contributed by atoms with Crippen molar-refractivity contribution in [3.8, 4) is 5.69 Å². The van der Waals surface area contributed by atoms with Gasteiger partial charge in [0, 0.05) is 18.4 Å². The molecule has 0 unspecified atom stereocenters. The molecule has 0 spiro atoms. The van der Waals surface area contributed by atoms with Gasteiger partial charge in [0.05, 0.1) is 18.0 Å². The molecule has 0 radical (unpaired) electrons. The Kier molecular flexibility index (Phi) is 5.48. The van der Waals surface area contributed by atoms with Crippen molar-refractivity contribution < 1.29 is 14.7 Å². The number of hydrogen-bond donors (Lipinski definition) is 2. The molecule has 1 aliphatic carbocycles. The Morgan fingerprint density at radius 1 is 1.16 bits per heavy atom. The van der Waals surface area contributed by atoms with Crippen molar-refractivity contribution in [2.75, 3.05) is 0 Å². The maximum absolute atomic E-state index is 12.4. The van der Waals surface area contributed by atoms with E-state index in [0.717, 1.165) is 36.9 Å². The molecule has 0 bridgehead atoms. The molecule has 1 aromatic heterocycles. The molecule has 1 heterocycles. The zero-order valence-electron chi connectivity index (χ0n) is 14.1. The normalized spacial score (nSPS) is 20.6. The third-order valence-corrected chi connectivity index (χ3v) is 4.75. The van der Waals surface area contributed by atoms with Crippen LogP contribution >= 0.6 is 0 Å². The van der Waals surface area contributed by atoms with E-state index in [2.05, 4.69) is 10.4 Å². The van der Waals surface area contributed by atoms with E-state index in [1.165, 1.54) is 0 Å². The number of nitrogens with one attached hydrogen (secondary N) is 1. The van der Waals surface area contributed by atoms with Gasteiger partial charge in [0.15, 0.2) is 0 Å². The van der Waals surface area contributed by atoms with Crippen molar-refractivity contribution in [3.63, 3.8) is 0 Å². The molecule has 25 heavy (non-hydrogen) atoms. The highest BCUT2D eigenvalue weighted by atomic mass is 16.4. The number of aromatic nitrogens is 2. The van der Waals surface area contributed by atoms with E-state index in [9.17, 15) is 14.7 Å². The van der Waals surface area contributed by atoms with E-state index in [-0.39, 0.29) is 18.4 Å². The van der Waals surface area contributed by atoms with Gasteiger partial charge in [-0.15, -0.1) is 0 Å². The monoisotopic (exact) mass is 341 g/mol. The van der Waals surface area contributed by atoms with E-state index in [0.29, 0.717) is 6.42 Å². The van der Waals surface area contributed by atoms with Crippen LogP contribution in [0.15, 0.2) is 42.7 Å². The SMILES string of the molecule is O=C(Cc1ccc(-n2cccn2)cc1)N[C@@H]1CCCCC[C@H]1C(=O)O. The molecule has 1 saturated carbocycles. The van der Waals surface area contributed by atoms with Gasteiger partial charge in [0.25, 0.3) is 0 Å². The van der Waals surface area contributed by atoms with Crippen LogP contribution in [0.5, 0.6) is 0 Å². The molecule has 2 atom stereocenters. The van der Waals surface area contributed by atoms with E-state index in [1.807, 2.05) is 36.5 Å². The molecule has 1 aromatic carbocycles. The quantitative estimate of drug-likeness (QED) is 0.819. The Morgan fingerprint density at radius 2 is 1.92 bits per heavy atom. The van der Waals surface area contributed by atoms with Crippen molar-refractivity contribution in [3.05, 3.63) is 48.3 Å². The van der Waals surface area contributed by atoms with Crippen LogP contribution < -0.4 is 5.32 Å². The number of carboxylic acids is 1. The number of benzene rings is 1. The number of carbonyl (C=O) groups excluding carboxylic acids is 1. The van der Waals surface area contributed by atoms with Gasteiger partial charge in [0.1, 0.15) is 0 Å². The maximum Gasteiger partial charge on any atom is 0.308 e. The predicted octanol–water partition coefficient (Wildman–Crippen LogP) is 2.56. The zero-order chi connectivity index (χ0) is 17.6. The van der Waals surface area contributed by atoms with Crippen LogP contribution in [-0.2, 0) is 16.0 Å². The lowest BCUT2D eigenvalue weighted by atomic mass is 9.94. The number of aliphatic carboxylic acids is 1. The summed E-state index contributed by atoms with van der Waals surface area (Å²) in [7, 11) is 0. The first kappa shape index (κ1) is 17.2. The second kappa shape index (κ2) is 7.96. The first-order chi connectivity index (χ1) is 12.1. The van der Waals surface area contributed by atoms with E-state index >= 15 is 0 Å². The molecule has 132 valence electrons. The number of carboxylic acid groups (broad SMARTS) is 1. The second-order valence-corrected chi connectivity index (χ2v) is 6.55. The van der Waals surface area contributed by atoms with E-state index in [4.69, 9.17) is 0 Å². The van der Waals surface area contributed by atoms with Crippen molar-refractivity contribution in [1.29, 1.82) is 0 Å². The van der Waals surface area contributed by atoms with Gasteiger partial charge in [-0.25, -0.2) is 4.68 Å². The Balaban J connectivity index is 1.60. The lowest BCUT2D eigenvalue weighted by Gasteiger charge is -2.23.